The first-order valence-corrected chi connectivity index (χ1v) is 9.04. The molecule has 0 saturated carbocycles. The number of ether oxygens (including phenoxy) is 1. The van der Waals surface area contributed by atoms with Gasteiger partial charge in [0.1, 0.15) is 11.6 Å². The molecule has 3 rings (SSSR count). The first kappa shape index (κ1) is 22.0. The van der Waals surface area contributed by atoms with Gasteiger partial charge in [-0.25, -0.2) is 13.8 Å². The van der Waals surface area contributed by atoms with Crippen molar-refractivity contribution in [1.82, 2.24) is 20.2 Å². The number of hydrogen-bond donors (Lipinski definition) is 2. The molecule has 150 valence electrons. The zero-order chi connectivity index (χ0) is 21.6. The molecule has 29 heavy (non-hydrogen) atoms. The molecule has 2 heterocycles. The lowest BCUT2D eigenvalue weighted by Crippen LogP contribution is -2.02. The summed E-state index contributed by atoms with van der Waals surface area (Å²) < 4.78 is 32.9. The van der Waals surface area contributed by atoms with Crippen LogP contribution in [0.5, 0.6) is 5.75 Å². The largest absolute Gasteiger partial charge is 0.496 e. The molecule has 9 heteroatoms. The first-order valence-electron chi connectivity index (χ1n) is 8.24. The van der Waals surface area contributed by atoms with E-state index in [2.05, 4.69) is 54.3 Å². The van der Waals surface area contributed by atoms with Crippen molar-refractivity contribution in [3.63, 3.8) is 0 Å². The van der Waals surface area contributed by atoms with Gasteiger partial charge in [0.15, 0.2) is 5.65 Å². The number of hydrogen-bond acceptors (Lipinski definition) is 5. The fourth-order valence-electron chi connectivity index (χ4n) is 2.45. The summed E-state index contributed by atoms with van der Waals surface area (Å²) >= 11 is 3.44. The van der Waals surface area contributed by atoms with E-state index in [1.54, 1.807) is 13.3 Å². The van der Waals surface area contributed by atoms with Crippen LogP contribution >= 0.6 is 15.9 Å². The number of halogens is 3. The number of rotatable bonds is 5. The number of anilines is 1. The molecule has 0 aliphatic carbocycles. The highest BCUT2D eigenvalue weighted by Crippen LogP contribution is 2.35. The molecule has 0 spiro atoms. The highest BCUT2D eigenvalue weighted by Gasteiger charge is 2.15. The Balaban J connectivity index is 0.00000145. The number of aromatic nitrogens is 4. The van der Waals surface area contributed by atoms with Gasteiger partial charge in [0.2, 0.25) is 5.95 Å². The quantitative estimate of drug-likeness (QED) is 0.386. The molecule has 1 aromatic carbocycles. The molecule has 2 N–H and O–H groups in total. The highest BCUT2D eigenvalue weighted by atomic mass is 79.9. The number of allylic oxidation sites excluding steroid dienone is 4. The monoisotopic (exact) mass is 461 g/mol. The van der Waals surface area contributed by atoms with Crippen molar-refractivity contribution in [3.05, 3.63) is 52.3 Å². The minimum Gasteiger partial charge on any atom is -0.496 e. The molecule has 3 aromatic rings. The molecule has 0 fully saturated rings. The molecular formula is C20H18BrF2N5O. The minimum absolute atomic E-state index is 0.0933. The van der Waals surface area contributed by atoms with Crippen molar-refractivity contribution in [2.24, 2.45) is 0 Å². The van der Waals surface area contributed by atoms with Crippen molar-refractivity contribution in [2.45, 2.75) is 13.8 Å². The average Bonchev–Trinajstić information content (AvgIpc) is 3.12. The topological polar surface area (TPSA) is 75.7 Å². The second-order valence-electron chi connectivity index (χ2n) is 5.70. The summed E-state index contributed by atoms with van der Waals surface area (Å²) in [7, 11) is 1.58. The lowest BCUT2D eigenvalue weighted by atomic mass is 10.1. The predicted octanol–water partition coefficient (Wildman–Crippen LogP) is 5.53. The number of nitrogens with zero attached hydrogens (tertiary/aromatic N) is 3. The smallest absolute Gasteiger partial charge is 0.229 e. The zero-order valence-corrected chi connectivity index (χ0v) is 17.5. The maximum Gasteiger partial charge on any atom is 0.229 e. The van der Waals surface area contributed by atoms with Crippen LogP contribution in [0.2, 0.25) is 0 Å². The van der Waals surface area contributed by atoms with Crippen LogP contribution in [0.4, 0.5) is 14.7 Å². The Morgan fingerprint density at radius 2 is 2.00 bits per heavy atom. The van der Waals surface area contributed by atoms with E-state index in [9.17, 15) is 8.78 Å². The number of H-pyrrole nitrogens is 1. The summed E-state index contributed by atoms with van der Waals surface area (Å²) in [5, 5.41) is 10.5. The van der Waals surface area contributed by atoms with Gasteiger partial charge in [0, 0.05) is 22.3 Å². The summed E-state index contributed by atoms with van der Waals surface area (Å²) in [6.45, 7) is 2.63. The third kappa shape index (κ3) is 5.18. The standard InChI is InChI=1S/C18H16BrF2N5O.C2H2/c1-9(20)6-14(21)10(2)23-18-22-8-13-16(25-26-17(13)24-18)12-7-11(19)4-5-15(12)27-3;1-2/h4-8H,1-3H3,(H2,22,23,24,25,26);1-2H/b9-6+,14-10-;. The average molecular weight is 462 g/mol. The number of aromatic amines is 1. The second-order valence-corrected chi connectivity index (χ2v) is 6.62. The molecule has 0 amide bonds. The fourth-order valence-corrected chi connectivity index (χ4v) is 2.82. The van der Waals surface area contributed by atoms with Crippen molar-refractivity contribution < 1.29 is 13.5 Å². The SMILES string of the molecule is C#C.COc1ccc(Br)cc1-c1[nH]nc2nc(N/C(C)=C(F)/C=C(\C)F)ncc12. The van der Waals surface area contributed by atoms with Crippen LogP contribution in [0.15, 0.2) is 52.3 Å². The maximum absolute atomic E-state index is 13.8. The molecule has 6 nitrogen and oxygen atoms in total. The first-order chi connectivity index (χ1) is 13.9. The summed E-state index contributed by atoms with van der Waals surface area (Å²) in [4.78, 5) is 8.46. The molecule has 0 radical (unpaired) electrons. The van der Waals surface area contributed by atoms with Crippen LogP contribution in [-0.4, -0.2) is 27.3 Å². The van der Waals surface area contributed by atoms with E-state index in [-0.39, 0.29) is 11.6 Å². The normalized spacial score (nSPS) is 12.1. The van der Waals surface area contributed by atoms with Crippen LogP contribution in [0.3, 0.4) is 0 Å². The van der Waals surface area contributed by atoms with Gasteiger partial charge in [-0.15, -0.1) is 12.8 Å². The Morgan fingerprint density at radius 3 is 2.66 bits per heavy atom. The van der Waals surface area contributed by atoms with Gasteiger partial charge in [0.05, 0.1) is 29.7 Å². The summed E-state index contributed by atoms with van der Waals surface area (Å²) in [6.07, 6.45) is 10.4. The van der Waals surface area contributed by atoms with Crippen molar-refractivity contribution in [3.8, 4) is 29.9 Å². The van der Waals surface area contributed by atoms with Gasteiger partial charge in [-0.05, 0) is 32.0 Å². The van der Waals surface area contributed by atoms with Gasteiger partial charge in [-0.2, -0.15) is 10.1 Å². The van der Waals surface area contributed by atoms with E-state index in [1.807, 2.05) is 18.2 Å². The van der Waals surface area contributed by atoms with Crippen LogP contribution in [0, 0.1) is 12.8 Å². The van der Waals surface area contributed by atoms with E-state index in [0.717, 1.165) is 23.0 Å². The van der Waals surface area contributed by atoms with Crippen molar-refractivity contribution in [2.75, 3.05) is 12.4 Å². The number of methoxy groups -OCH3 is 1. The summed E-state index contributed by atoms with van der Waals surface area (Å²) in [5.41, 5.74) is 1.99. The Morgan fingerprint density at radius 1 is 1.28 bits per heavy atom. The van der Waals surface area contributed by atoms with Crippen molar-refractivity contribution in [1.29, 1.82) is 0 Å². The predicted molar refractivity (Wildman–Crippen MR) is 114 cm³/mol. The Labute approximate surface area is 175 Å². The van der Waals surface area contributed by atoms with E-state index >= 15 is 0 Å². The molecule has 0 atom stereocenters. The lowest BCUT2D eigenvalue weighted by molar-refractivity contribution is 0.416. The third-order valence-electron chi connectivity index (χ3n) is 3.73. The van der Waals surface area contributed by atoms with Gasteiger partial charge < -0.3 is 10.1 Å². The summed E-state index contributed by atoms with van der Waals surface area (Å²) in [5.74, 6) is -0.551. The number of fused-ring (bicyclic) bond motifs is 1. The molecule has 2 aromatic heterocycles. The Bertz CT molecular complexity index is 1100. The number of benzene rings is 1. The molecule has 0 aliphatic rings. The minimum atomic E-state index is -0.736. The van der Waals surface area contributed by atoms with Crippen LogP contribution in [0.25, 0.3) is 22.3 Å². The number of nitrogens with one attached hydrogen (secondary N) is 2. The maximum atomic E-state index is 13.8. The third-order valence-corrected chi connectivity index (χ3v) is 4.22. The second kappa shape index (κ2) is 9.80. The number of terminal acetylenes is 1. The van der Waals surface area contributed by atoms with E-state index in [1.165, 1.54) is 6.92 Å². The zero-order valence-electron chi connectivity index (χ0n) is 15.9. The van der Waals surface area contributed by atoms with E-state index < -0.39 is 11.7 Å². The van der Waals surface area contributed by atoms with E-state index in [0.29, 0.717) is 22.5 Å². The molecule has 0 saturated heterocycles. The summed E-state index contributed by atoms with van der Waals surface area (Å²) in [6, 6.07) is 5.60. The van der Waals surface area contributed by atoms with Gasteiger partial charge in [0.25, 0.3) is 0 Å². The highest BCUT2D eigenvalue weighted by molar-refractivity contribution is 9.10. The molecule has 0 aliphatic heterocycles. The molecule has 0 unspecified atom stereocenters. The van der Waals surface area contributed by atoms with Crippen LogP contribution in [0.1, 0.15) is 13.8 Å². The molecule has 0 bridgehead atoms. The molecular weight excluding hydrogens is 444 g/mol. The fraction of sp³-hybridized carbons (Fsp3) is 0.150. The van der Waals surface area contributed by atoms with Gasteiger partial charge in [-0.1, -0.05) is 15.9 Å². The van der Waals surface area contributed by atoms with Crippen molar-refractivity contribution >= 4 is 32.9 Å². The Hall–Kier alpha value is -3.25. The van der Waals surface area contributed by atoms with Gasteiger partial charge >= 0.3 is 0 Å². The van der Waals surface area contributed by atoms with E-state index in [4.69, 9.17) is 4.74 Å². The lowest BCUT2D eigenvalue weighted by Gasteiger charge is -2.08. The van der Waals surface area contributed by atoms with Gasteiger partial charge in [-0.3, -0.25) is 5.10 Å². The Kier molecular flexibility index (Phi) is 7.45. The van der Waals surface area contributed by atoms with Crippen LogP contribution < -0.4 is 10.1 Å². The van der Waals surface area contributed by atoms with Crippen LogP contribution in [-0.2, 0) is 0 Å².